The summed E-state index contributed by atoms with van der Waals surface area (Å²) in [5.74, 6) is 0. The normalized spacial score (nSPS) is 19.4. The number of hydrogen-bond acceptors (Lipinski definition) is 1. The molecule has 0 N–H and O–H groups in total. The van der Waals surface area contributed by atoms with Crippen LogP contribution in [0.15, 0.2) is 36.5 Å². The Bertz CT molecular complexity index is 822. The van der Waals surface area contributed by atoms with Crippen molar-refractivity contribution >= 4 is 16.4 Å². The molecule has 4 rings (SSSR count). The molecule has 19 heavy (non-hydrogen) atoms. The molecule has 0 aliphatic carbocycles. The van der Waals surface area contributed by atoms with Gasteiger partial charge in [-0.3, -0.25) is 4.40 Å². The Balaban J connectivity index is 2.29. The van der Waals surface area contributed by atoms with E-state index in [1.165, 1.54) is 22.2 Å². The van der Waals surface area contributed by atoms with Crippen molar-refractivity contribution in [2.75, 3.05) is 0 Å². The van der Waals surface area contributed by atoms with Crippen LogP contribution < -0.4 is 0 Å². The summed E-state index contributed by atoms with van der Waals surface area (Å²) < 4.78 is 2.36. The number of aromatic nitrogens is 2. The molecule has 0 bridgehead atoms. The molecule has 0 unspecified atom stereocenters. The zero-order valence-corrected chi connectivity index (χ0v) is 11.9. The minimum absolute atomic E-state index is 0.103. The van der Waals surface area contributed by atoms with Gasteiger partial charge in [0.2, 0.25) is 0 Å². The molecule has 1 aliphatic rings. The van der Waals surface area contributed by atoms with E-state index in [-0.39, 0.29) is 10.8 Å². The zero-order valence-electron chi connectivity index (χ0n) is 11.9. The van der Waals surface area contributed by atoms with Crippen LogP contribution in [-0.2, 0) is 10.8 Å². The number of hydrogen-bond donors (Lipinski definition) is 0. The number of rotatable bonds is 0. The smallest absolute Gasteiger partial charge is 0.145 e. The van der Waals surface area contributed by atoms with Crippen LogP contribution in [0.3, 0.4) is 0 Å². The fourth-order valence-electron chi connectivity index (χ4n) is 3.37. The van der Waals surface area contributed by atoms with Crippen LogP contribution in [0.25, 0.3) is 16.4 Å². The highest BCUT2D eigenvalue weighted by Crippen LogP contribution is 2.50. The SMILES string of the molecule is CC1(C)c2cnc3c4ccccc4cc(n23)C1(C)C. The minimum atomic E-state index is 0.103. The first-order valence-corrected chi connectivity index (χ1v) is 6.85. The fraction of sp³-hybridized carbons (Fsp3) is 0.353. The van der Waals surface area contributed by atoms with Crippen LogP contribution in [0.5, 0.6) is 0 Å². The van der Waals surface area contributed by atoms with Crippen molar-refractivity contribution in [3.8, 4) is 0 Å². The van der Waals surface area contributed by atoms with E-state index in [2.05, 4.69) is 73.6 Å². The molecule has 1 aromatic carbocycles. The summed E-state index contributed by atoms with van der Waals surface area (Å²) in [6.45, 7) is 9.31. The number of imidazole rings is 1. The topological polar surface area (TPSA) is 17.3 Å². The zero-order chi connectivity index (χ0) is 13.4. The highest BCUT2D eigenvalue weighted by molar-refractivity contribution is 5.95. The van der Waals surface area contributed by atoms with Gasteiger partial charge in [-0.2, -0.15) is 0 Å². The van der Waals surface area contributed by atoms with Crippen LogP contribution >= 0.6 is 0 Å². The molecule has 0 saturated heterocycles. The van der Waals surface area contributed by atoms with Crippen LogP contribution in [-0.4, -0.2) is 9.38 Å². The van der Waals surface area contributed by atoms with Gasteiger partial charge in [0, 0.05) is 33.8 Å². The molecule has 0 saturated carbocycles. The molecule has 2 heteroatoms. The molecule has 3 heterocycles. The second-order valence-electron chi connectivity index (χ2n) is 6.67. The van der Waals surface area contributed by atoms with Gasteiger partial charge in [-0.15, -0.1) is 0 Å². The molecule has 0 radical (unpaired) electrons. The summed E-state index contributed by atoms with van der Waals surface area (Å²) in [5.41, 5.74) is 4.02. The quantitative estimate of drug-likeness (QED) is 0.588. The number of fused-ring (bicyclic) bond motifs is 2. The molecule has 2 aromatic heterocycles. The van der Waals surface area contributed by atoms with Gasteiger partial charge >= 0.3 is 0 Å². The van der Waals surface area contributed by atoms with E-state index >= 15 is 0 Å². The van der Waals surface area contributed by atoms with Crippen LogP contribution in [0.2, 0.25) is 0 Å². The van der Waals surface area contributed by atoms with Crippen molar-refractivity contribution in [2.24, 2.45) is 0 Å². The van der Waals surface area contributed by atoms with Crippen molar-refractivity contribution in [3.05, 3.63) is 47.9 Å². The van der Waals surface area contributed by atoms with Gasteiger partial charge in [0.15, 0.2) is 0 Å². The summed E-state index contributed by atoms with van der Waals surface area (Å²) in [7, 11) is 0. The molecule has 0 atom stereocenters. The first-order chi connectivity index (χ1) is 8.94. The molecule has 0 amide bonds. The minimum Gasteiger partial charge on any atom is -0.299 e. The highest BCUT2D eigenvalue weighted by Gasteiger charge is 2.48. The second kappa shape index (κ2) is 3.01. The molecule has 1 aliphatic heterocycles. The van der Waals surface area contributed by atoms with Crippen LogP contribution in [0.4, 0.5) is 0 Å². The molecule has 3 aromatic rings. The standard InChI is InChI=1S/C17H18N2/c1-16(2)13-9-11-7-5-6-8-12(11)15-18-10-14(19(13)15)17(16,3)4/h5-10H,1-4H3. The first kappa shape index (κ1) is 11.0. The maximum atomic E-state index is 4.68. The average Bonchev–Trinajstić information content (AvgIpc) is 2.87. The Kier molecular flexibility index (Phi) is 1.75. The highest BCUT2D eigenvalue weighted by atomic mass is 15.1. The third-order valence-corrected chi connectivity index (χ3v) is 5.34. The molecule has 2 nitrogen and oxygen atoms in total. The lowest BCUT2D eigenvalue weighted by Gasteiger charge is -2.35. The summed E-state index contributed by atoms with van der Waals surface area (Å²) >= 11 is 0. The predicted octanol–water partition coefficient (Wildman–Crippen LogP) is 4.06. The van der Waals surface area contributed by atoms with E-state index in [4.69, 9.17) is 0 Å². The molecular weight excluding hydrogens is 232 g/mol. The van der Waals surface area contributed by atoms with Gasteiger partial charge in [0.1, 0.15) is 5.65 Å². The average molecular weight is 250 g/mol. The van der Waals surface area contributed by atoms with Crippen molar-refractivity contribution < 1.29 is 0 Å². The van der Waals surface area contributed by atoms with Gasteiger partial charge in [-0.25, -0.2) is 4.98 Å². The van der Waals surface area contributed by atoms with Crippen LogP contribution in [0.1, 0.15) is 39.1 Å². The monoisotopic (exact) mass is 250 g/mol. The van der Waals surface area contributed by atoms with E-state index < -0.39 is 0 Å². The van der Waals surface area contributed by atoms with Gasteiger partial charge in [-0.1, -0.05) is 52.0 Å². The lowest BCUT2D eigenvalue weighted by molar-refractivity contribution is 0.321. The predicted molar refractivity (Wildman–Crippen MR) is 78.8 cm³/mol. The van der Waals surface area contributed by atoms with E-state index in [1.807, 2.05) is 0 Å². The van der Waals surface area contributed by atoms with Crippen molar-refractivity contribution in [2.45, 2.75) is 38.5 Å². The van der Waals surface area contributed by atoms with Gasteiger partial charge in [0.25, 0.3) is 0 Å². The Hall–Kier alpha value is -1.83. The maximum absolute atomic E-state index is 4.68. The van der Waals surface area contributed by atoms with E-state index in [9.17, 15) is 0 Å². The van der Waals surface area contributed by atoms with E-state index in [0.29, 0.717) is 0 Å². The van der Waals surface area contributed by atoms with E-state index in [0.717, 1.165) is 5.65 Å². The van der Waals surface area contributed by atoms with E-state index in [1.54, 1.807) is 0 Å². The first-order valence-electron chi connectivity index (χ1n) is 6.85. The Morgan fingerprint density at radius 3 is 2.42 bits per heavy atom. The Labute approximate surface area is 113 Å². The molecule has 96 valence electrons. The molecular formula is C17H18N2. The van der Waals surface area contributed by atoms with Gasteiger partial charge in [0.05, 0.1) is 0 Å². The van der Waals surface area contributed by atoms with Crippen molar-refractivity contribution in [1.82, 2.24) is 9.38 Å². The summed E-state index contributed by atoms with van der Waals surface area (Å²) in [6, 6.07) is 10.9. The third kappa shape index (κ3) is 1.07. The number of nitrogens with zero attached hydrogens (tertiary/aromatic N) is 2. The largest absolute Gasteiger partial charge is 0.299 e. The van der Waals surface area contributed by atoms with Gasteiger partial charge in [-0.05, 0) is 11.5 Å². The van der Waals surface area contributed by atoms with Crippen LogP contribution in [0, 0.1) is 0 Å². The Morgan fingerprint density at radius 2 is 1.63 bits per heavy atom. The van der Waals surface area contributed by atoms with Crippen molar-refractivity contribution in [3.63, 3.8) is 0 Å². The second-order valence-corrected chi connectivity index (χ2v) is 6.67. The lowest BCUT2D eigenvalue weighted by atomic mass is 9.66. The Morgan fingerprint density at radius 1 is 0.947 bits per heavy atom. The summed E-state index contributed by atoms with van der Waals surface area (Å²) in [6.07, 6.45) is 2.06. The summed E-state index contributed by atoms with van der Waals surface area (Å²) in [5, 5.41) is 2.53. The molecule has 0 spiro atoms. The van der Waals surface area contributed by atoms with Crippen molar-refractivity contribution in [1.29, 1.82) is 0 Å². The third-order valence-electron chi connectivity index (χ3n) is 5.34. The number of benzene rings is 1. The maximum Gasteiger partial charge on any atom is 0.145 e. The molecule has 0 fully saturated rings. The fourth-order valence-corrected chi connectivity index (χ4v) is 3.37. The summed E-state index contributed by atoms with van der Waals surface area (Å²) in [4.78, 5) is 4.68. The van der Waals surface area contributed by atoms with Gasteiger partial charge < -0.3 is 0 Å². The number of pyridine rings is 1. The lowest BCUT2D eigenvalue weighted by Crippen LogP contribution is -2.35.